The number of rotatable bonds is 7. The number of anilines is 1. The lowest BCUT2D eigenvalue weighted by atomic mass is 10.0. The van der Waals surface area contributed by atoms with Gasteiger partial charge in [0.2, 0.25) is 0 Å². The van der Waals surface area contributed by atoms with E-state index in [1.54, 1.807) is 19.3 Å². The van der Waals surface area contributed by atoms with Gasteiger partial charge in [-0.25, -0.2) is 23.7 Å². The summed E-state index contributed by atoms with van der Waals surface area (Å²) >= 11 is 0. The smallest absolute Gasteiger partial charge is 0.274 e. The molecule has 0 saturated carbocycles. The molecule has 3 heterocycles. The van der Waals surface area contributed by atoms with Crippen LogP contribution in [0.5, 0.6) is 0 Å². The van der Waals surface area contributed by atoms with Gasteiger partial charge < -0.3 is 10.6 Å². The average molecular weight is 511 g/mol. The third-order valence-corrected chi connectivity index (χ3v) is 5.93. The van der Waals surface area contributed by atoms with Crippen LogP contribution in [-0.4, -0.2) is 31.1 Å². The van der Waals surface area contributed by atoms with E-state index in [0.29, 0.717) is 12.1 Å². The Morgan fingerprint density at radius 2 is 1.84 bits per heavy atom. The summed E-state index contributed by atoms with van der Waals surface area (Å²) in [6, 6.07) is 14.4. The summed E-state index contributed by atoms with van der Waals surface area (Å²) in [5, 5.41) is 22.7. The molecule has 0 fully saturated rings. The van der Waals surface area contributed by atoms with Gasteiger partial charge in [-0.05, 0) is 41.8 Å². The number of hydrogen-bond acceptors (Lipinski definition) is 7. The van der Waals surface area contributed by atoms with Crippen molar-refractivity contribution in [3.8, 4) is 17.2 Å². The summed E-state index contributed by atoms with van der Waals surface area (Å²) < 4.78 is 26.9. The molecule has 0 radical (unpaired) electrons. The topological polar surface area (TPSA) is 132 Å². The van der Waals surface area contributed by atoms with Gasteiger partial charge in [0.25, 0.3) is 5.91 Å². The van der Waals surface area contributed by atoms with Crippen molar-refractivity contribution < 1.29 is 13.6 Å². The second-order valence-corrected chi connectivity index (χ2v) is 8.52. The van der Waals surface area contributed by atoms with Crippen molar-refractivity contribution in [1.82, 2.24) is 30.5 Å². The maximum Gasteiger partial charge on any atom is 0.274 e. The minimum Gasteiger partial charge on any atom is -0.364 e. The molecule has 5 rings (SSSR count). The second-order valence-electron chi connectivity index (χ2n) is 8.52. The van der Waals surface area contributed by atoms with Crippen LogP contribution in [0.25, 0.3) is 22.2 Å². The summed E-state index contributed by atoms with van der Waals surface area (Å²) in [5.74, 6) is -2.43. The summed E-state index contributed by atoms with van der Waals surface area (Å²) in [6.07, 6.45) is 4.75. The van der Waals surface area contributed by atoms with Crippen molar-refractivity contribution in [3.05, 3.63) is 101 Å². The van der Waals surface area contributed by atoms with Crippen LogP contribution in [0.15, 0.2) is 67.1 Å². The van der Waals surface area contributed by atoms with Gasteiger partial charge in [0.15, 0.2) is 34.5 Å². The highest BCUT2D eigenvalue weighted by Crippen LogP contribution is 2.23. The molecule has 0 aliphatic rings. The standard InChI is InChI=1S/C27H20F2N8O/c1-15(18-6-7-22(28)23(29)9-18)35-27(38)24-26(33-14-21(10-30)36-24)31-11-16-2-4-17(5-3-16)19-8-20-13-34-37-25(20)32-12-19/h2-9,12-15H,11H2,1H3,(H,31,33)(H,35,38)(H,32,34,37). The number of pyridine rings is 1. The van der Waals surface area contributed by atoms with Gasteiger partial charge in [0.1, 0.15) is 6.07 Å². The lowest BCUT2D eigenvalue weighted by Gasteiger charge is -2.16. The highest BCUT2D eigenvalue weighted by molar-refractivity contribution is 5.97. The fraction of sp³-hybridized carbons (Fsp3) is 0.111. The summed E-state index contributed by atoms with van der Waals surface area (Å²) in [6.45, 7) is 1.96. The van der Waals surface area contributed by atoms with Crippen LogP contribution in [0.3, 0.4) is 0 Å². The van der Waals surface area contributed by atoms with Gasteiger partial charge in [-0.2, -0.15) is 10.4 Å². The van der Waals surface area contributed by atoms with E-state index in [-0.39, 0.29) is 17.2 Å². The molecule has 5 aromatic rings. The molecule has 1 atom stereocenters. The first-order valence-corrected chi connectivity index (χ1v) is 11.6. The van der Waals surface area contributed by atoms with Gasteiger partial charge in [0.05, 0.1) is 18.4 Å². The number of nitrogens with one attached hydrogen (secondary N) is 3. The van der Waals surface area contributed by atoms with Crippen LogP contribution >= 0.6 is 0 Å². The number of fused-ring (bicyclic) bond motifs is 1. The lowest BCUT2D eigenvalue weighted by Crippen LogP contribution is -2.29. The summed E-state index contributed by atoms with van der Waals surface area (Å²) in [4.78, 5) is 25.7. The van der Waals surface area contributed by atoms with E-state index < -0.39 is 23.6 Å². The molecule has 1 amide bonds. The van der Waals surface area contributed by atoms with Crippen molar-refractivity contribution in [1.29, 1.82) is 5.26 Å². The van der Waals surface area contributed by atoms with E-state index in [1.807, 2.05) is 36.4 Å². The maximum atomic E-state index is 13.6. The van der Waals surface area contributed by atoms with Crippen LogP contribution in [0.2, 0.25) is 0 Å². The van der Waals surface area contributed by atoms with Crippen LogP contribution in [0, 0.1) is 23.0 Å². The largest absolute Gasteiger partial charge is 0.364 e. The Morgan fingerprint density at radius 1 is 1.03 bits per heavy atom. The van der Waals surface area contributed by atoms with Crippen LogP contribution in [-0.2, 0) is 6.54 Å². The molecule has 3 N–H and O–H groups in total. The number of carbonyl (C=O) groups excluding carboxylic acids is 1. The fourth-order valence-electron chi connectivity index (χ4n) is 3.86. The first kappa shape index (κ1) is 24.5. The molecule has 38 heavy (non-hydrogen) atoms. The highest BCUT2D eigenvalue weighted by Gasteiger charge is 2.19. The van der Waals surface area contributed by atoms with Crippen molar-refractivity contribution >= 4 is 22.8 Å². The average Bonchev–Trinajstić information content (AvgIpc) is 3.41. The highest BCUT2D eigenvalue weighted by atomic mass is 19.2. The number of aromatic amines is 1. The predicted molar refractivity (Wildman–Crippen MR) is 136 cm³/mol. The molecule has 0 saturated heterocycles. The van der Waals surface area contributed by atoms with E-state index in [9.17, 15) is 18.8 Å². The van der Waals surface area contributed by atoms with E-state index in [1.165, 1.54) is 12.3 Å². The third kappa shape index (κ3) is 5.15. The van der Waals surface area contributed by atoms with E-state index in [0.717, 1.165) is 39.9 Å². The fourth-order valence-corrected chi connectivity index (χ4v) is 3.86. The van der Waals surface area contributed by atoms with Gasteiger partial charge >= 0.3 is 0 Å². The SMILES string of the molecule is CC(NC(=O)c1nc(C#N)cnc1NCc1ccc(-c2cnc3[nH]ncc3c2)cc1)c1ccc(F)c(F)c1. The van der Waals surface area contributed by atoms with Crippen LogP contribution < -0.4 is 10.6 Å². The first-order chi connectivity index (χ1) is 18.4. The van der Waals surface area contributed by atoms with Gasteiger partial charge in [-0.15, -0.1) is 0 Å². The van der Waals surface area contributed by atoms with Crippen molar-refractivity contribution in [2.24, 2.45) is 0 Å². The first-order valence-electron chi connectivity index (χ1n) is 11.6. The van der Waals surface area contributed by atoms with E-state index >= 15 is 0 Å². The number of nitrogens with zero attached hydrogens (tertiary/aromatic N) is 5. The summed E-state index contributed by atoms with van der Waals surface area (Å²) in [5.41, 5.74) is 3.82. The van der Waals surface area contributed by atoms with Gasteiger partial charge in [0, 0.05) is 23.7 Å². The zero-order valence-corrected chi connectivity index (χ0v) is 20.0. The molecule has 9 nitrogen and oxygen atoms in total. The van der Waals surface area contributed by atoms with Crippen molar-refractivity contribution in [2.75, 3.05) is 5.32 Å². The molecule has 11 heteroatoms. The van der Waals surface area contributed by atoms with Crippen LogP contribution in [0.4, 0.5) is 14.6 Å². The third-order valence-electron chi connectivity index (χ3n) is 5.93. The monoisotopic (exact) mass is 510 g/mol. The molecular formula is C27H20F2N8O. The Hall–Kier alpha value is -5.24. The predicted octanol–water partition coefficient (Wildman–Crippen LogP) is 4.67. The van der Waals surface area contributed by atoms with Crippen LogP contribution in [0.1, 0.15) is 40.3 Å². The number of halogens is 2. The molecule has 0 spiro atoms. The molecule has 0 aliphatic carbocycles. The van der Waals surface area contributed by atoms with Crippen molar-refractivity contribution in [2.45, 2.75) is 19.5 Å². The zero-order chi connectivity index (χ0) is 26.6. The van der Waals surface area contributed by atoms with Gasteiger partial charge in [-0.3, -0.25) is 9.89 Å². The number of H-pyrrole nitrogens is 1. The minimum absolute atomic E-state index is 0.0336. The molecule has 188 valence electrons. The number of amides is 1. The molecular weight excluding hydrogens is 490 g/mol. The van der Waals surface area contributed by atoms with Gasteiger partial charge in [-0.1, -0.05) is 30.3 Å². The Labute approximate surface area is 215 Å². The lowest BCUT2D eigenvalue weighted by molar-refractivity contribution is 0.0935. The van der Waals surface area contributed by atoms with Crippen molar-refractivity contribution in [3.63, 3.8) is 0 Å². The Kier molecular flexibility index (Phi) is 6.69. The van der Waals surface area contributed by atoms with E-state index in [2.05, 4.69) is 35.8 Å². The zero-order valence-electron chi connectivity index (χ0n) is 20.0. The molecule has 0 aliphatic heterocycles. The summed E-state index contributed by atoms with van der Waals surface area (Å²) in [7, 11) is 0. The Morgan fingerprint density at radius 3 is 2.61 bits per heavy atom. The second kappa shape index (κ2) is 10.4. The molecule has 1 unspecified atom stereocenters. The Balaban J connectivity index is 1.30. The Bertz CT molecular complexity index is 1680. The van der Waals surface area contributed by atoms with E-state index in [4.69, 9.17) is 0 Å². The maximum absolute atomic E-state index is 13.6. The number of benzene rings is 2. The molecule has 2 aromatic carbocycles. The number of carbonyl (C=O) groups is 1. The number of aromatic nitrogens is 5. The molecule has 0 bridgehead atoms. The minimum atomic E-state index is -1.01. The number of nitriles is 1. The quantitative estimate of drug-likeness (QED) is 0.290. The number of hydrogen-bond donors (Lipinski definition) is 3. The molecule has 3 aromatic heterocycles. The normalized spacial score (nSPS) is 11.6.